The van der Waals surface area contributed by atoms with Crippen LogP contribution in [0.2, 0.25) is 0 Å². The van der Waals surface area contributed by atoms with Gasteiger partial charge in [0, 0.05) is 0 Å². The number of nitrogens with two attached hydrogens (primary N) is 1. The number of hydrogen-bond donors (Lipinski definition) is 2. The summed E-state index contributed by atoms with van der Waals surface area (Å²) in [7, 11) is 1.60. The monoisotopic (exact) mass is 577 g/mol. The number of primary amides is 1. The Morgan fingerprint density at radius 1 is 1.10 bits per heavy atom. The summed E-state index contributed by atoms with van der Waals surface area (Å²) < 4.78 is 4.73. The standard InChI is InChI=1S/C21H16IN5O2Se/c1-24-20(29)12-3-5-16-13(9-12)10-18(27(16)21-25-7-2-8-26-21)30-17-6-4-14(22)11-15(17)19(23)28/h2-11H,1H3,(H2,23,28)(H,24,29). The van der Waals surface area contributed by atoms with Crippen LogP contribution in [0.4, 0.5) is 0 Å². The van der Waals surface area contributed by atoms with Gasteiger partial charge >= 0.3 is 193 Å². The van der Waals surface area contributed by atoms with E-state index >= 15 is 0 Å². The summed E-state index contributed by atoms with van der Waals surface area (Å²) in [6.45, 7) is 0. The van der Waals surface area contributed by atoms with E-state index in [2.05, 4.69) is 37.9 Å². The zero-order valence-electron chi connectivity index (χ0n) is 15.8. The molecule has 9 heteroatoms. The molecule has 0 spiro atoms. The van der Waals surface area contributed by atoms with Crippen molar-refractivity contribution >= 4 is 69.3 Å². The molecule has 4 aromatic rings. The van der Waals surface area contributed by atoms with Crippen LogP contribution in [0.15, 0.2) is 60.9 Å². The van der Waals surface area contributed by atoms with E-state index in [0.29, 0.717) is 17.1 Å². The van der Waals surface area contributed by atoms with Crippen LogP contribution in [-0.4, -0.2) is 48.4 Å². The summed E-state index contributed by atoms with van der Waals surface area (Å²) >= 11 is 1.91. The molecule has 0 fully saturated rings. The van der Waals surface area contributed by atoms with Crippen molar-refractivity contribution in [1.29, 1.82) is 0 Å². The van der Waals surface area contributed by atoms with Crippen LogP contribution < -0.4 is 20.1 Å². The Morgan fingerprint density at radius 3 is 2.57 bits per heavy atom. The van der Waals surface area contributed by atoms with Gasteiger partial charge in [-0.05, 0) is 0 Å². The van der Waals surface area contributed by atoms with Crippen molar-refractivity contribution in [2.75, 3.05) is 7.05 Å². The maximum atomic E-state index is 12.1. The van der Waals surface area contributed by atoms with E-state index < -0.39 is 5.91 Å². The number of carbonyl (C=O) groups excluding carboxylic acids is 2. The second-order valence-corrected chi connectivity index (χ2v) is 9.80. The first-order valence-corrected chi connectivity index (χ1v) is 11.7. The first-order chi connectivity index (χ1) is 14.5. The minimum atomic E-state index is -0.453. The Labute approximate surface area is 192 Å². The molecule has 0 aliphatic rings. The van der Waals surface area contributed by atoms with E-state index in [9.17, 15) is 9.59 Å². The van der Waals surface area contributed by atoms with Crippen LogP contribution >= 0.6 is 22.6 Å². The van der Waals surface area contributed by atoms with Gasteiger partial charge in [0.1, 0.15) is 0 Å². The summed E-state index contributed by atoms with van der Waals surface area (Å²) in [4.78, 5) is 32.9. The minimum absolute atomic E-state index is 0.152. The van der Waals surface area contributed by atoms with Gasteiger partial charge in [-0.2, -0.15) is 0 Å². The zero-order chi connectivity index (χ0) is 21.3. The second-order valence-electron chi connectivity index (χ2n) is 6.33. The molecule has 0 unspecified atom stereocenters. The molecule has 4 rings (SSSR count). The molecule has 0 radical (unpaired) electrons. The quantitative estimate of drug-likeness (QED) is 0.275. The van der Waals surface area contributed by atoms with E-state index in [1.807, 2.05) is 34.9 Å². The molecule has 0 saturated heterocycles. The molecule has 0 aliphatic carbocycles. The van der Waals surface area contributed by atoms with Crippen LogP contribution in [0.1, 0.15) is 20.7 Å². The summed E-state index contributed by atoms with van der Waals surface area (Å²) in [5.41, 5.74) is 7.59. The number of fused-ring (bicyclic) bond motifs is 1. The van der Waals surface area contributed by atoms with Crippen molar-refractivity contribution in [2.45, 2.75) is 0 Å². The number of aromatic nitrogens is 3. The van der Waals surface area contributed by atoms with Crippen molar-refractivity contribution in [3.8, 4) is 5.95 Å². The Bertz CT molecular complexity index is 1270. The molecule has 0 aliphatic heterocycles. The molecular formula is C21H16IN5O2Se. The van der Waals surface area contributed by atoms with Crippen LogP contribution in [-0.2, 0) is 0 Å². The maximum absolute atomic E-state index is 12.1. The molecule has 30 heavy (non-hydrogen) atoms. The first kappa shape index (κ1) is 20.5. The summed E-state index contributed by atoms with van der Waals surface area (Å²) in [5, 5.41) is 3.54. The van der Waals surface area contributed by atoms with E-state index in [1.165, 1.54) is 0 Å². The van der Waals surface area contributed by atoms with E-state index in [4.69, 9.17) is 5.73 Å². The second kappa shape index (κ2) is 8.55. The average molecular weight is 576 g/mol. The van der Waals surface area contributed by atoms with Gasteiger partial charge in [0.25, 0.3) is 0 Å². The van der Waals surface area contributed by atoms with Gasteiger partial charge in [-0.3, -0.25) is 0 Å². The SMILES string of the molecule is CNC(=O)c1ccc2c(c1)cc([Se]c1ccc(I)cc1C(N)=O)n2-c1ncccn1. The van der Waals surface area contributed by atoms with Gasteiger partial charge < -0.3 is 0 Å². The summed E-state index contributed by atoms with van der Waals surface area (Å²) in [6, 6.07) is 15.0. The molecule has 2 aromatic heterocycles. The third-order valence-corrected chi connectivity index (χ3v) is 7.38. The van der Waals surface area contributed by atoms with Crippen LogP contribution in [0.5, 0.6) is 0 Å². The molecule has 0 atom stereocenters. The number of benzene rings is 2. The van der Waals surface area contributed by atoms with Crippen LogP contribution in [0.3, 0.4) is 0 Å². The number of nitrogens with one attached hydrogen (secondary N) is 1. The number of amides is 2. The summed E-state index contributed by atoms with van der Waals surface area (Å²) in [6.07, 6.45) is 3.37. The van der Waals surface area contributed by atoms with Gasteiger partial charge in [0.15, 0.2) is 0 Å². The molecule has 150 valence electrons. The van der Waals surface area contributed by atoms with Gasteiger partial charge in [-0.25, -0.2) is 0 Å². The number of carbonyl (C=O) groups is 2. The molecule has 0 saturated carbocycles. The van der Waals surface area contributed by atoms with Crippen LogP contribution in [0.25, 0.3) is 16.9 Å². The third kappa shape index (κ3) is 3.96. The van der Waals surface area contributed by atoms with Crippen molar-refractivity contribution < 1.29 is 9.59 Å². The van der Waals surface area contributed by atoms with Gasteiger partial charge in [-0.1, -0.05) is 0 Å². The fraction of sp³-hybridized carbons (Fsp3) is 0.0476. The van der Waals surface area contributed by atoms with Gasteiger partial charge in [0.2, 0.25) is 0 Å². The molecule has 2 amide bonds. The van der Waals surface area contributed by atoms with Crippen molar-refractivity contribution in [3.05, 3.63) is 75.6 Å². The Kier molecular flexibility index (Phi) is 5.85. The zero-order valence-corrected chi connectivity index (χ0v) is 19.7. The van der Waals surface area contributed by atoms with E-state index in [1.54, 1.807) is 37.6 Å². The number of rotatable bonds is 5. The molecule has 0 bridgehead atoms. The molecular weight excluding hydrogens is 560 g/mol. The Hall–Kier alpha value is -2.75. The van der Waals surface area contributed by atoms with Gasteiger partial charge in [-0.15, -0.1) is 0 Å². The van der Waals surface area contributed by atoms with Crippen molar-refractivity contribution in [2.24, 2.45) is 5.73 Å². The Balaban J connectivity index is 1.90. The summed E-state index contributed by atoms with van der Waals surface area (Å²) in [5.74, 6) is -0.0737. The fourth-order valence-corrected chi connectivity index (χ4v) is 5.83. The van der Waals surface area contributed by atoms with Gasteiger partial charge in [0.05, 0.1) is 0 Å². The normalized spacial score (nSPS) is 10.9. The molecule has 2 aromatic carbocycles. The third-order valence-electron chi connectivity index (χ3n) is 4.43. The van der Waals surface area contributed by atoms with Crippen molar-refractivity contribution in [1.82, 2.24) is 19.9 Å². The Morgan fingerprint density at radius 2 is 1.87 bits per heavy atom. The number of halogens is 1. The number of nitrogens with zero attached hydrogens (tertiary/aromatic N) is 3. The fourth-order valence-electron chi connectivity index (χ4n) is 3.06. The van der Waals surface area contributed by atoms with Crippen LogP contribution in [0, 0.1) is 3.57 Å². The molecule has 7 nitrogen and oxygen atoms in total. The van der Waals surface area contributed by atoms with E-state index in [-0.39, 0.29) is 20.9 Å². The predicted molar refractivity (Wildman–Crippen MR) is 125 cm³/mol. The van der Waals surface area contributed by atoms with E-state index in [0.717, 1.165) is 23.5 Å². The predicted octanol–water partition coefficient (Wildman–Crippen LogP) is 1.14. The first-order valence-electron chi connectivity index (χ1n) is 8.90. The number of hydrogen-bond acceptors (Lipinski definition) is 4. The van der Waals surface area contributed by atoms with Crippen molar-refractivity contribution in [3.63, 3.8) is 0 Å². The topological polar surface area (TPSA) is 103 Å². The molecule has 2 heterocycles. The molecule has 3 N–H and O–H groups in total. The average Bonchev–Trinajstić information content (AvgIpc) is 3.11.